The Kier molecular flexibility index (Phi) is 2.75. The Labute approximate surface area is 102 Å². The third-order valence-corrected chi connectivity index (χ3v) is 4.91. The highest BCUT2D eigenvalue weighted by molar-refractivity contribution is 5.02. The molecule has 1 N–H and O–H groups in total. The molecule has 2 saturated carbocycles. The van der Waals surface area contributed by atoms with Crippen molar-refractivity contribution >= 4 is 0 Å². The lowest BCUT2D eigenvalue weighted by Gasteiger charge is -2.20. The second-order valence-corrected chi connectivity index (χ2v) is 6.22. The number of aliphatic hydroxyl groups is 1. The highest BCUT2D eigenvalue weighted by Crippen LogP contribution is 2.49. The summed E-state index contributed by atoms with van der Waals surface area (Å²) in [6.45, 7) is 2.10. The van der Waals surface area contributed by atoms with E-state index < -0.39 is 5.60 Å². The number of ether oxygens (including phenoxy) is 1. The van der Waals surface area contributed by atoms with Gasteiger partial charge < -0.3 is 9.84 Å². The van der Waals surface area contributed by atoms with Crippen molar-refractivity contribution in [3.8, 4) is 0 Å². The van der Waals surface area contributed by atoms with Crippen LogP contribution in [0.3, 0.4) is 0 Å². The highest BCUT2D eigenvalue weighted by Gasteiger charge is 2.50. The summed E-state index contributed by atoms with van der Waals surface area (Å²) in [5, 5.41) is 13.2. The quantitative estimate of drug-likeness (QED) is 0.765. The first-order valence-corrected chi connectivity index (χ1v) is 6.82. The van der Waals surface area contributed by atoms with Crippen LogP contribution in [0.15, 0.2) is 5.18 Å². The third kappa shape index (κ3) is 2.13. The fourth-order valence-corrected chi connectivity index (χ4v) is 3.73. The fourth-order valence-electron chi connectivity index (χ4n) is 3.73. The van der Waals surface area contributed by atoms with Crippen LogP contribution in [0, 0.1) is 16.7 Å². The summed E-state index contributed by atoms with van der Waals surface area (Å²) in [4.78, 5) is 10.9. The molecule has 96 valence electrons. The summed E-state index contributed by atoms with van der Waals surface area (Å²) < 4.78 is 5.83. The molecule has 1 unspecified atom stereocenters. The average molecular weight is 239 g/mol. The molecule has 3 fully saturated rings. The van der Waals surface area contributed by atoms with E-state index in [4.69, 9.17) is 4.74 Å². The molecule has 0 radical (unpaired) electrons. The van der Waals surface area contributed by atoms with Crippen LogP contribution in [0.25, 0.3) is 0 Å². The Morgan fingerprint density at radius 1 is 1.41 bits per heavy atom. The van der Waals surface area contributed by atoms with Crippen molar-refractivity contribution in [2.75, 3.05) is 0 Å². The minimum absolute atomic E-state index is 0.0835. The Balaban J connectivity index is 1.64. The van der Waals surface area contributed by atoms with Gasteiger partial charge >= 0.3 is 0 Å². The zero-order valence-corrected chi connectivity index (χ0v) is 10.3. The Hall–Kier alpha value is -0.480. The predicted octanol–water partition coefficient (Wildman–Crippen LogP) is 2.24. The lowest BCUT2D eigenvalue weighted by atomic mass is 9.85. The van der Waals surface area contributed by atoms with Crippen LogP contribution in [0.2, 0.25) is 0 Å². The van der Waals surface area contributed by atoms with E-state index in [0.29, 0.717) is 17.9 Å². The average Bonchev–Trinajstić information content (AvgIpc) is 2.78. The minimum atomic E-state index is -0.406. The minimum Gasteiger partial charge on any atom is -0.390 e. The van der Waals surface area contributed by atoms with Crippen LogP contribution in [-0.2, 0) is 4.74 Å². The summed E-state index contributed by atoms with van der Waals surface area (Å²) in [5.74, 6) is 0.835. The van der Waals surface area contributed by atoms with Crippen molar-refractivity contribution < 1.29 is 9.84 Å². The first-order valence-electron chi connectivity index (χ1n) is 6.82. The first kappa shape index (κ1) is 11.6. The van der Waals surface area contributed by atoms with Gasteiger partial charge in [0.25, 0.3) is 0 Å². The SMILES string of the molecule is CC1C[C@@H]2[C@@H](CCC3(O)CC3)[C@@H](N=O)C[C@@H]2O1. The van der Waals surface area contributed by atoms with Crippen LogP contribution in [0.1, 0.15) is 45.4 Å². The van der Waals surface area contributed by atoms with Gasteiger partial charge in [0, 0.05) is 0 Å². The van der Waals surface area contributed by atoms with E-state index in [9.17, 15) is 10.0 Å². The Morgan fingerprint density at radius 3 is 2.82 bits per heavy atom. The van der Waals surface area contributed by atoms with E-state index in [1.54, 1.807) is 0 Å². The molecule has 0 spiro atoms. The van der Waals surface area contributed by atoms with Crippen LogP contribution in [-0.4, -0.2) is 29.0 Å². The van der Waals surface area contributed by atoms with Gasteiger partial charge in [-0.1, -0.05) is 5.18 Å². The van der Waals surface area contributed by atoms with Crippen molar-refractivity contribution in [1.29, 1.82) is 0 Å². The van der Waals surface area contributed by atoms with Gasteiger partial charge in [0.1, 0.15) is 0 Å². The van der Waals surface area contributed by atoms with Gasteiger partial charge in [-0.05, 0) is 57.3 Å². The van der Waals surface area contributed by atoms with Gasteiger partial charge in [-0.3, -0.25) is 0 Å². The van der Waals surface area contributed by atoms with E-state index in [1.165, 1.54) is 0 Å². The molecule has 0 amide bonds. The molecule has 1 saturated heterocycles. The molecule has 0 aromatic rings. The van der Waals surface area contributed by atoms with Crippen LogP contribution >= 0.6 is 0 Å². The van der Waals surface area contributed by atoms with Gasteiger partial charge in [-0.15, -0.1) is 0 Å². The normalized spacial score (nSPS) is 46.8. The predicted molar refractivity (Wildman–Crippen MR) is 63.5 cm³/mol. The largest absolute Gasteiger partial charge is 0.390 e. The molecule has 0 bridgehead atoms. The second-order valence-electron chi connectivity index (χ2n) is 6.22. The van der Waals surface area contributed by atoms with Crippen LogP contribution in [0.4, 0.5) is 0 Å². The topological polar surface area (TPSA) is 58.9 Å². The molecular formula is C13H21NO3. The van der Waals surface area contributed by atoms with Gasteiger partial charge in [-0.2, -0.15) is 4.91 Å². The smallest absolute Gasteiger partial charge is 0.0976 e. The maximum Gasteiger partial charge on any atom is 0.0976 e. The summed E-state index contributed by atoms with van der Waals surface area (Å²) >= 11 is 0. The van der Waals surface area contributed by atoms with Gasteiger partial charge in [0.05, 0.1) is 23.9 Å². The molecule has 2 aliphatic carbocycles. The molecule has 0 aromatic heterocycles. The number of rotatable bonds is 4. The molecule has 4 nitrogen and oxygen atoms in total. The number of hydrogen-bond donors (Lipinski definition) is 1. The molecule has 17 heavy (non-hydrogen) atoms. The van der Waals surface area contributed by atoms with E-state index in [-0.39, 0.29) is 12.1 Å². The summed E-state index contributed by atoms with van der Waals surface area (Å²) in [7, 11) is 0. The van der Waals surface area contributed by atoms with Crippen molar-refractivity contribution in [3.05, 3.63) is 4.91 Å². The van der Waals surface area contributed by atoms with Crippen molar-refractivity contribution in [2.45, 2.75) is 69.3 Å². The molecule has 0 aromatic carbocycles. The van der Waals surface area contributed by atoms with E-state index in [0.717, 1.165) is 38.5 Å². The molecule has 5 atom stereocenters. The molecule has 3 rings (SSSR count). The number of nitroso groups, excluding NO2 is 1. The standard InChI is InChI=1S/C13H21NO3/c1-8-6-10-9(2-3-13(15)4-5-13)11(14-16)7-12(10)17-8/h8-12,15H,2-7H2,1H3/t8?,9-,10-,11+,12+/m1/s1. The lowest BCUT2D eigenvalue weighted by molar-refractivity contribution is 0.0491. The maximum atomic E-state index is 10.9. The maximum absolute atomic E-state index is 10.9. The summed E-state index contributed by atoms with van der Waals surface area (Å²) in [6.07, 6.45) is 6.04. The molecule has 4 heteroatoms. The Bertz CT molecular complexity index is 316. The monoisotopic (exact) mass is 239 g/mol. The van der Waals surface area contributed by atoms with Gasteiger partial charge in [0.15, 0.2) is 0 Å². The molecule has 1 aliphatic heterocycles. The van der Waals surface area contributed by atoms with Crippen LogP contribution in [0.5, 0.6) is 0 Å². The third-order valence-electron chi connectivity index (χ3n) is 4.91. The zero-order chi connectivity index (χ0) is 12.0. The van der Waals surface area contributed by atoms with Crippen molar-refractivity contribution in [2.24, 2.45) is 17.0 Å². The zero-order valence-electron chi connectivity index (χ0n) is 10.3. The fraction of sp³-hybridized carbons (Fsp3) is 1.00. The van der Waals surface area contributed by atoms with Crippen molar-refractivity contribution in [3.63, 3.8) is 0 Å². The van der Waals surface area contributed by atoms with Crippen LogP contribution < -0.4 is 0 Å². The lowest BCUT2D eigenvalue weighted by Crippen LogP contribution is -2.21. The number of fused-ring (bicyclic) bond motifs is 1. The van der Waals surface area contributed by atoms with Gasteiger partial charge in [-0.25, -0.2) is 0 Å². The highest BCUT2D eigenvalue weighted by atomic mass is 16.5. The van der Waals surface area contributed by atoms with Crippen molar-refractivity contribution in [1.82, 2.24) is 0 Å². The van der Waals surface area contributed by atoms with E-state index in [1.807, 2.05) is 0 Å². The number of hydrogen-bond acceptors (Lipinski definition) is 4. The summed E-state index contributed by atoms with van der Waals surface area (Å²) in [6, 6.07) is -0.0835. The molecular weight excluding hydrogens is 218 g/mol. The van der Waals surface area contributed by atoms with Gasteiger partial charge in [0.2, 0.25) is 0 Å². The van der Waals surface area contributed by atoms with E-state index in [2.05, 4.69) is 12.1 Å². The molecule has 1 heterocycles. The summed E-state index contributed by atoms with van der Waals surface area (Å²) in [5.41, 5.74) is -0.406. The second kappa shape index (κ2) is 4.02. The molecule has 3 aliphatic rings. The number of nitrogens with zero attached hydrogens (tertiary/aromatic N) is 1. The first-order chi connectivity index (χ1) is 8.11. The Morgan fingerprint density at radius 2 is 2.18 bits per heavy atom. The van der Waals surface area contributed by atoms with E-state index >= 15 is 0 Å².